The summed E-state index contributed by atoms with van der Waals surface area (Å²) in [6.45, 7) is 2.49. The number of nitrogens with zero attached hydrogens (tertiary/aromatic N) is 4. The second-order valence-electron chi connectivity index (χ2n) is 8.36. The minimum absolute atomic E-state index is 0.119. The molecule has 6 nitrogen and oxygen atoms in total. The van der Waals surface area contributed by atoms with Gasteiger partial charge in [-0.25, -0.2) is 4.68 Å². The number of aromatic nitrogens is 2. The molecule has 1 amide bonds. The Morgan fingerprint density at radius 2 is 1.56 bits per heavy atom. The lowest BCUT2D eigenvalue weighted by molar-refractivity contribution is 0.0737. The molecule has 0 atom stereocenters. The van der Waals surface area contributed by atoms with Gasteiger partial charge in [-0.1, -0.05) is 65.1 Å². The van der Waals surface area contributed by atoms with E-state index in [1.807, 2.05) is 47.4 Å². The number of anilines is 1. The summed E-state index contributed by atoms with van der Waals surface area (Å²) in [5.74, 6) is 0.700. The van der Waals surface area contributed by atoms with Gasteiger partial charge in [-0.3, -0.25) is 4.79 Å². The predicted molar refractivity (Wildman–Crippen MR) is 145 cm³/mol. The summed E-state index contributed by atoms with van der Waals surface area (Å²) in [6.07, 6.45) is 0. The van der Waals surface area contributed by atoms with E-state index in [2.05, 4.69) is 4.90 Å². The number of carbonyl (C=O) groups excluding carboxylic acids is 1. The van der Waals surface area contributed by atoms with Gasteiger partial charge < -0.3 is 14.5 Å². The van der Waals surface area contributed by atoms with Crippen LogP contribution >= 0.6 is 34.8 Å². The highest BCUT2D eigenvalue weighted by Gasteiger charge is 2.27. The predicted octanol–water partition coefficient (Wildman–Crippen LogP) is 6.47. The van der Waals surface area contributed by atoms with E-state index in [-0.39, 0.29) is 5.91 Å². The third kappa shape index (κ3) is 4.76. The molecule has 184 valence electrons. The number of amides is 1. The number of hydrogen-bond acceptors (Lipinski definition) is 4. The Hall–Kier alpha value is -3.19. The molecule has 1 fully saturated rings. The van der Waals surface area contributed by atoms with Crippen molar-refractivity contribution in [3.8, 4) is 22.7 Å². The molecule has 9 heteroatoms. The summed E-state index contributed by atoms with van der Waals surface area (Å²) >= 11 is 18.9. The van der Waals surface area contributed by atoms with Crippen LogP contribution in [0.25, 0.3) is 16.9 Å². The third-order valence-corrected chi connectivity index (χ3v) is 7.29. The van der Waals surface area contributed by atoms with Gasteiger partial charge in [0.25, 0.3) is 5.91 Å². The lowest BCUT2D eigenvalue weighted by atomic mass is 10.1. The number of methoxy groups -OCH3 is 1. The largest absolute Gasteiger partial charge is 0.495 e. The van der Waals surface area contributed by atoms with Crippen LogP contribution in [-0.4, -0.2) is 53.9 Å². The van der Waals surface area contributed by atoms with Crippen LogP contribution in [0.15, 0.2) is 72.8 Å². The van der Waals surface area contributed by atoms with Gasteiger partial charge >= 0.3 is 0 Å². The topological polar surface area (TPSA) is 50.6 Å². The second kappa shape index (κ2) is 10.4. The fraction of sp³-hybridized carbons (Fsp3) is 0.185. The SMILES string of the molecule is COc1ccccc1N1CCN(C(=O)c2cc(-c3ccccc3Cl)nn2-c2ccc(Cl)c(Cl)c2)CC1. The molecular formula is C27H23Cl3N4O2. The first-order valence-electron chi connectivity index (χ1n) is 11.4. The van der Waals surface area contributed by atoms with E-state index < -0.39 is 0 Å². The van der Waals surface area contributed by atoms with Crippen molar-refractivity contribution in [1.29, 1.82) is 0 Å². The molecule has 36 heavy (non-hydrogen) atoms. The standard InChI is InChI=1S/C27H23Cl3N4O2/c1-36-26-9-5-4-8-24(26)32-12-14-33(15-13-32)27(35)25-17-23(19-6-2-3-7-20(19)28)31-34(25)18-10-11-21(29)22(30)16-18/h2-11,16-17H,12-15H2,1H3. The maximum Gasteiger partial charge on any atom is 0.272 e. The minimum Gasteiger partial charge on any atom is -0.495 e. The van der Waals surface area contributed by atoms with Gasteiger partial charge in [0.15, 0.2) is 0 Å². The zero-order valence-electron chi connectivity index (χ0n) is 19.5. The van der Waals surface area contributed by atoms with E-state index in [0.717, 1.165) is 17.0 Å². The molecule has 2 heterocycles. The Labute approximate surface area is 224 Å². The maximum atomic E-state index is 13.8. The fourth-order valence-electron chi connectivity index (χ4n) is 4.35. The summed E-state index contributed by atoms with van der Waals surface area (Å²) < 4.78 is 7.12. The first kappa shape index (κ1) is 24.5. The smallest absolute Gasteiger partial charge is 0.272 e. The fourth-order valence-corrected chi connectivity index (χ4v) is 4.88. The average Bonchev–Trinajstić information content (AvgIpc) is 3.35. The van der Waals surface area contributed by atoms with E-state index in [0.29, 0.717) is 58.3 Å². The lowest BCUT2D eigenvalue weighted by Gasteiger charge is -2.36. The van der Waals surface area contributed by atoms with Crippen LogP contribution in [0.3, 0.4) is 0 Å². The van der Waals surface area contributed by atoms with E-state index >= 15 is 0 Å². The molecule has 1 aromatic heterocycles. The quantitative estimate of drug-likeness (QED) is 0.291. The normalized spacial score (nSPS) is 13.7. The highest BCUT2D eigenvalue weighted by Crippen LogP contribution is 2.32. The molecule has 4 aromatic rings. The van der Waals surface area contributed by atoms with Gasteiger partial charge in [-0.15, -0.1) is 0 Å². The van der Waals surface area contributed by atoms with Crippen LogP contribution in [0.5, 0.6) is 5.75 Å². The Balaban J connectivity index is 1.46. The number of carbonyl (C=O) groups is 1. The summed E-state index contributed by atoms with van der Waals surface area (Å²) in [5, 5.41) is 6.11. The Kier molecular flexibility index (Phi) is 7.10. The zero-order valence-corrected chi connectivity index (χ0v) is 21.8. The van der Waals surface area contributed by atoms with Crippen LogP contribution in [0.2, 0.25) is 15.1 Å². The number of rotatable bonds is 5. The van der Waals surface area contributed by atoms with Gasteiger partial charge in [0.05, 0.1) is 39.2 Å². The highest BCUT2D eigenvalue weighted by atomic mass is 35.5. The van der Waals surface area contributed by atoms with Crippen LogP contribution < -0.4 is 9.64 Å². The number of benzene rings is 3. The van der Waals surface area contributed by atoms with Crippen molar-refractivity contribution in [2.45, 2.75) is 0 Å². The molecule has 1 saturated heterocycles. The van der Waals surface area contributed by atoms with Crippen molar-refractivity contribution >= 4 is 46.4 Å². The van der Waals surface area contributed by atoms with E-state index in [1.165, 1.54) is 0 Å². The first-order valence-corrected chi connectivity index (χ1v) is 12.6. The summed E-state index contributed by atoms with van der Waals surface area (Å²) in [7, 11) is 1.67. The molecule has 0 N–H and O–H groups in total. The monoisotopic (exact) mass is 540 g/mol. The third-order valence-electron chi connectivity index (χ3n) is 6.22. The van der Waals surface area contributed by atoms with Crippen molar-refractivity contribution in [1.82, 2.24) is 14.7 Å². The van der Waals surface area contributed by atoms with Crippen LogP contribution in [-0.2, 0) is 0 Å². The summed E-state index contributed by atoms with van der Waals surface area (Å²) in [4.78, 5) is 17.8. The first-order chi connectivity index (χ1) is 17.5. The number of hydrogen-bond donors (Lipinski definition) is 0. The molecule has 0 spiro atoms. The van der Waals surface area contributed by atoms with Gasteiger partial charge in [-0.2, -0.15) is 5.10 Å². The molecule has 5 rings (SSSR count). The lowest BCUT2D eigenvalue weighted by Crippen LogP contribution is -2.49. The van der Waals surface area contributed by atoms with Crippen LogP contribution in [0, 0.1) is 0 Å². The summed E-state index contributed by atoms with van der Waals surface area (Å²) in [5.41, 5.74) is 3.43. The molecule has 0 unspecified atom stereocenters. The van der Waals surface area contributed by atoms with Crippen LogP contribution in [0.1, 0.15) is 10.5 Å². The highest BCUT2D eigenvalue weighted by molar-refractivity contribution is 6.42. The Morgan fingerprint density at radius 1 is 0.833 bits per heavy atom. The maximum absolute atomic E-state index is 13.8. The van der Waals surface area contributed by atoms with Gasteiger partial charge in [0, 0.05) is 31.7 Å². The van der Waals surface area contributed by atoms with Crippen LogP contribution in [0.4, 0.5) is 5.69 Å². The molecular weight excluding hydrogens is 519 g/mol. The Morgan fingerprint density at radius 3 is 2.28 bits per heavy atom. The number of ether oxygens (including phenoxy) is 1. The summed E-state index contributed by atoms with van der Waals surface area (Å²) in [6, 6.07) is 22.3. The molecule has 0 radical (unpaired) electrons. The van der Waals surface area contributed by atoms with Crippen molar-refractivity contribution in [2.75, 3.05) is 38.2 Å². The van der Waals surface area contributed by atoms with Crippen molar-refractivity contribution in [3.05, 3.63) is 93.6 Å². The molecule has 1 aliphatic rings. The van der Waals surface area contributed by atoms with Crippen molar-refractivity contribution in [3.63, 3.8) is 0 Å². The van der Waals surface area contributed by atoms with Crippen molar-refractivity contribution < 1.29 is 9.53 Å². The number of para-hydroxylation sites is 2. The molecule has 1 aliphatic heterocycles. The molecule has 0 bridgehead atoms. The Bertz CT molecular complexity index is 1410. The van der Waals surface area contributed by atoms with E-state index in [4.69, 9.17) is 44.6 Å². The van der Waals surface area contributed by atoms with E-state index in [1.54, 1.807) is 42.1 Å². The molecule has 3 aromatic carbocycles. The molecule has 0 saturated carbocycles. The van der Waals surface area contributed by atoms with Gasteiger partial charge in [0.1, 0.15) is 11.4 Å². The number of halogens is 3. The molecule has 0 aliphatic carbocycles. The van der Waals surface area contributed by atoms with Gasteiger partial charge in [0.2, 0.25) is 0 Å². The van der Waals surface area contributed by atoms with Crippen molar-refractivity contribution in [2.24, 2.45) is 0 Å². The minimum atomic E-state index is -0.119. The van der Waals surface area contributed by atoms with Gasteiger partial charge in [-0.05, 0) is 42.5 Å². The average molecular weight is 542 g/mol. The number of piperazine rings is 1. The second-order valence-corrected chi connectivity index (χ2v) is 9.58. The zero-order chi connectivity index (χ0) is 25.2. The van der Waals surface area contributed by atoms with E-state index in [9.17, 15) is 4.79 Å².